The second-order valence-corrected chi connectivity index (χ2v) is 7.03. The molecule has 2 aromatic heterocycles. The summed E-state index contributed by atoms with van der Waals surface area (Å²) in [7, 11) is 3.78. The molecule has 1 saturated heterocycles. The van der Waals surface area contributed by atoms with Gasteiger partial charge >= 0.3 is 0 Å². The van der Waals surface area contributed by atoms with Crippen molar-refractivity contribution in [3.8, 4) is 11.3 Å². The van der Waals surface area contributed by atoms with Gasteiger partial charge in [0.2, 0.25) is 0 Å². The van der Waals surface area contributed by atoms with E-state index in [0.717, 1.165) is 32.0 Å². The molecule has 1 fully saturated rings. The number of amides is 1. The molecule has 1 aliphatic rings. The Morgan fingerprint density at radius 3 is 2.48 bits per heavy atom. The minimum absolute atomic E-state index is 0.163. The first kappa shape index (κ1) is 18.9. The molecule has 0 spiro atoms. The molecule has 0 atom stereocenters. The van der Waals surface area contributed by atoms with Gasteiger partial charge in [-0.05, 0) is 37.4 Å². The highest BCUT2D eigenvalue weighted by atomic mass is 19.1. The fourth-order valence-electron chi connectivity index (χ4n) is 3.15. The van der Waals surface area contributed by atoms with E-state index in [1.165, 1.54) is 16.8 Å². The van der Waals surface area contributed by atoms with Crippen molar-refractivity contribution in [2.24, 2.45) is 7.05 Å². The molecule has 10 heteroatoms. The molecule has 3 heterocycles. The van der Waals surface area contributed by atoms with Gasteiger partial charge in [0.05, 0.1) is 11.9 Å². The van der Waals surface area contributed by atoms with Gasteiger partial charge in [-0.2, -0.15) is 0 Å². The van der Waals surface area contributed by atoms with E-state index in [4.69, 9.17) is 0 Å². The summed E-state index contributed by atoms with van der Waals surface area (Å²) in [5.74, 6) is 0.0727. The third-order valence-corrected chi connectivity index (χ3v) is 4.78. The summed E-state index contributed by atoms with van der Waals surface area (Å²) < 4.78 is 15.6. The molecule has 1 aromatic carbocycles. The Morgan fingerprint density at radius 2 is 1.83 bits per heavy atom. The Bertz CT molecular complexity index is 1010. The standard InChI is InChI=1S/C19H21FN8O/c1-26-5-7-28(8-6-26)18-4-3-16(22-24-18)13-9-14(11-15(20)10-13)19(29)21-17-12-27(2)25-23-17/h3-4,9-12H,5-8H2,1-2H3,(H,21,29). The first-order valence-electron chi connectivity index (χ1n) is 9.24. The SMILES string of the molecule is CN1CCN(c2ccc(-c3cc(F)cc(C(=O)Nc4cn(C)nn4)c3)nn2)CC1. The zero-order chi connectivity index (χ0) is 20.4. The summed E-state index contributed by atoms with van der Waals surface area (Å²) in [6.07, 6.45) is 1.56. The largest absolute Gasteiger partial charge is 0.353 e. The van der Waals surface area contributed by atoms with Crippen LogP contribution in [-0.2, 0) is 7.05 Å². The van der Waals surface area contributed by atoms with Gasteiger partial charge in [0.25, 0.3) is 5.91 Å². The van der Waals surface area contributed by atoms with Crippen molar-refractivity contribution in [3.05, 3.63) is 47.9 Å². The maximum absolute atomic E-state index is 14.2. The van der Waals surface area contributed by atoms with E-state index < -0.39 is 11.7 Å². The Labute approximate surface area is 167 Å². The van der Waals surface area contributed by atoms with Crippen molar-refractivity contribution in [2.75, 3.05) is 43.4 Å². The van der Waals surface area contributed by atoms with Crippen LogP contribution in [0.4, 0.5) is 16.0 Å². The van der Waals surface area contributed by atoms with Gasteiger partial charge in [-0.1, -0.05) is 5.21 Å². The van der Waals surface area contributed by atoms with Gasteiger partial charge in [-0.3, -0.25) is 9.48 Å². The summed E-state index contributed by atoms with van der Waals surface area (Å²) in [6, 6.07) is 7.74. The second-order valence-electron chi connectivity index (χ2n) is 7.03. The Kier molecular flexibility index (Phi) is 5.17. The summed E-state index contributed by atoms with van der Waals surface area (Å²) in [6.45, 7) is 3.71. The van der Waals surface area contributed by atoms with Crippen LogP contribution < -0.4 is 10.2 Å². The molecule has 1 N–H and O–H groups in total. The van der Waals surface area contributed by atoms with Crippen molar-refractivity contribution in [2.45, 2.75) is 0 Å². The Hall–Kier alpha value is -3.40. The molecule has 29 heavy (non-hydrogen) atoms. The lowest BCUT2D eigenvalue weighted by Crippen LogP contribution is -2.44. The van der Waals surface area contributed by atoms with Crippen LogP contribution in [-0.4, -0.2) is 69.2 Å². The summed E-state index contributed by atoms with van der Waals surface area (Å²) in [5, 5.41) is 18.7. The van der Waals surface area contributed by atoms with E-state index in [-0.39, 0.29) is 5.56 Å². The van der Waals surface area contributed by atoms with Crippen molar-refractivity contribution >= 4 is 17.5 Å². The number of anilines is 2. The molecular weight excluding hydrogens is 375 g/mol. The van der Waals surface area contributed by atoms with E-state index in [1.807, 2.05) is 6.07 Å². The average Bonchev–Trinajstić information content (AvgIpc) is 3.13. The average molecular weight is 396 g/mol. The Morgan fingerprint density at radius 1 is 1.03 bits per heavy atom. The zero-order valence-electron chi connectivity index (χ0n) is 16.2. The molecule has 0 radical (unpaired) electrons. The third kappa shape index (κ3) is 4.37. The molecule has 0 bridgehead atoms. The Balaban J connectivity index is 1.53. The number of benzene rings is 1. The van der Waals surface area contributed by atoms with E-state index in [0.29, 0.717) is 17.1 Å². The number of aromatic nitrogens is 5. The van der Waals surface area contributed by atoms with Crippen molar-refractivity contribution in [1.29, 1.82) is 0 Å². The number of halogens is 1. The summed E-state index contributed by atoms with van der Waals surface area (Å²) in [4.78, 5) is 16.9. The monoisotopic (exact) mass is 396 g/mol. The molecule has 0 unspecified atom stereocenters. The molecule has 4 rings (SSSR count). The van der Waals surface area contributed by atoms with Crippen LogP contribution in [0.15, 0.2) is 36.5 Å². The summed E-state index contributed by atoms with van der Waals surface area (Å²) in [5.41, 5.74) is 1.14. The van der Waals surface area contributed by atoms with Crippen LogP contribution in [0.2, 0.25) is 0 Å². The summed E-state index contributed by atoms with van der Waals surface area (Å²) >= 11 is 0. The fraction of sp³-hybridized carbons (Fsp3) is 0.316. The molecule has 1 aliphatic heterocycles. The molecule has 3 aromatic rings. The minimum atomic E-state index is -0.531. The van der Waals surface area contributed by atoms with Crippen LogP contribution in [0.25, 0.3) is 11.3 Å². The highest BCUT2D eigenvalue weighted by molar-refractivity contribution is 6.04. The first-order valence-corrected chi connectivity index (χ1v) is 9.24. The van der Waals surface area contributed by atoms with Crippen molar-refractivity contribution in [1.82, 2.24) is 30.1 Å². The number of likely N-dealkylation sites (N-methyl/N-ethyl adjacent to an activating group) is 1. The van der Waals surface area contributed by atoms with Gasteiger partial charge in [-0.15, -0.1) is 15.3 Å². The quantitative estimate of drug-likeness (QED) is 0.713. The van der Waals surface area contributed by atoms with Gasteiger partial charge in [0.15, 0.2) is 11.6 Å². The van der Waals surface area contributed by atoms with Gasteiger partial charge in [0, 0.05) is 44.4 Å². The number of rotatable bonds is 4. The topological polar surface area (TPSA) is 92.1 Å². The van der Waals surface area contributed by atoms with Gasteiger partial charge in [-0.25, -0.2) is 4.39 Å². The fourth-order valence-corrected chi connectivity index (χ4v) is 3.15. The highest BCUT2D eigenvalue weighted by Gasteiger charge is 2.17. The second kappa shape index (κ2) is 7.92. The number of hydrogen-bond acceptors (Lipinski definition) is 7. The molecular formula is C19H21FN8O. The van der Waals surface area contributed by atoms with Crippen molar-refractivity contribution < 1.29 is 9.18 Å². The number of nitrogens with zero attached hydrogens (tertiary/aromatic N) is 7. The van der Waals surface area contributed by atoms with E-state index >= 15 is 0 Å². The van der Waals surface area contributed by atoms with E-state index in [2.05, 4.69) is 42.7 Å². The predicted molar refractivity (Wildman–Crippen MR) is 106 cm³/mol. The predicted octanol–water partition coefficient (Wildman–Crippen LogP) is 1.42. The van der Waals surface area contributed by atoms with Crippen LogP contribution in [0.5, 0.6) is 0 Å². The van der Waals surface area contributed by atoms with E-state index in [1.54, 1.807) is 25.4 Å². The number of piperazine rings is 1. The smallest absolute Gasteiger partial charge is 0.257 e. The van der Waals surface area contributed by atoms with Crippen LogP contribution in [0, 0.1) is 5.82 Å². The first-order chi connectivity index (χ1) is 14.0. The molecule has 150 valence electrons. The number of carbonyl (C=O) groups is 1. The number of hydrogen-bond donors (Lipinski definition) is 1. The number of carbonyl (C=O) groups excluding carboxylic acids is 1. The lowest BCUT2D eigenvalue weighted by Gasteiger charge is -2.32. The lowest BCUT2D eigenvalue weighted by molar-refractivity contribution is 0.102. The van der Waals surface area contributed by atoms with Crippen LogP contribution in [0.1, 0.15) is 10.4 Å². The van der Waals surface area contributed by atoms with E-state index in [9.17, 15) is 9.18 Å². The normalized spacial score (nSPS) is 14.8. The van der Waals surface area contributed by atoms with Crippen molar-refractivity contribution in [3.63, 3.8) is 0 Å². The van der Waals surface area contributed by atoms with Crippen LogP contribution >= 0.6 is 0 Å². The van der Waals surface area contributed by atoms with Gasteiger partial charge < -0.3 is 15.1 Å². The highest BCUT2D eigenvalue weighted by Crippen LogP contribution is 2.22. The lowest BCUT2D eigenvalue weighted by atomic mass is 10.1. The number of aryl methyl sites for hydroxylation is 1. The molecule has 1 amide bonds. The number of nitrogens with one attached hydrogen (secondary N) is 1. The molecule has 0 aliphatic carbocycles. The molecule has 0 saturated carbocycles. The maximum Gasteiger partial charge on any atom is 0.257 e. The maximum atomic E-state index is 14.2. The van der Waals surface area contributed by atoms with Gasteiger partial charge in [0.1, 0.15) is 5.82 Å². The van der Waals surface area contributed by atoms with Crippen LogP contribution in [0.3, 0.4) is 0 Å². The molecule has 9 nitrogen and oxygen atoms in total. The third-order valence-electron chi connectivity index (χ3n) is 4.78. The minimum Gasteiger partial charge on any atom is -0.353 e. The zero-order valence-corrected chi connectivity index (χ0v) is 16.2.